The van der Waals surface area contributed by atoms with Crippen LogP contribution in [0.25, 0.3) is 22.3 Å². The van der Waals surface area contributed by atoms with Crippen LogP contribution in [0.1, 0.15) is 17.5 Å². The molecule has 0 bridgehead atoms. The topological polar surface area (TPSA) is 104 Å². The lowest BCUT2D eigenvalue weighted by Crippen LogP contribution is -2.34. The molecule has 2 aromatic carbocycles. The molecule has 0 atom stereocenters. The van der Waals surface area contributed by atoms with Crippen LogP contribution in [0.15, 0.2) is 30.5 Å². The van der Waals surface area contributed by atoms with Crippen molar-refractivity contribution in [2.45, 2.75) is 19.0 Å². The number of alkyl halides is 3. The maximum Gasteiger partial charge on any atom is 0.419 e. The molecule has 15 heteroatoms. The van der Waals surface area contributed by atoms with E-state index in [9.17, 15) is 35.5 Å². The monoisotopic (exact) mass is 568 g/mol. The van der Waals surface area contributed by atoms with E-state index in [0.717, 1.165) is 11.8 Å². The van der Waals surface area contributed by atoms with E-state index in [1.807, 2.05) is 6.07 Å². The molecule has 206 valence electrons. The van der Waals surface area contributed by atoms with Crippen LogP contribution < -0.4 is 9.21 Å². The van der Waals surface area contributed by atoms with E-state index in [2.05, 4.69) is 15.1 Å². The lowest BCUT2D eigenvalue weighted by molar-refractivity contribution is -0.140. The number of nitrogens with zero attached hydrogens (tertiary/aromatic N) is 6. The Balaban J connectivity index is 1.56. The van der Waals surface area contributed by atoms with E-state index in [0.29, 0.717) is 30.8 Å². The number of phenolic OH excluding ortho intramolecular Hbond substituents is 1. The lowest BCUT2D eigenvalue weighted by atomic mass is 10.0. The van der Waals surface area contributed by atoms with Crippen LogP contribution in [-0.4, -0.2) is 53.1 Å². The second-order valence-corrected chi connectivity index (χ2v) is 11.0. The molecule has 1 aliphatic heterocycles. The number of aromatic hydroxyl groups is 1. The minimum Gasteiger partial charge on any atom is -0.503 e. The molecule has 3 heterocycles. The highest BCUT2D eigenvalue weighted by molar-refractivity contribution is 7.92. The highest BCUT2D eigenvalue weighted by Crippen LogP contribution is 2.41. The number of sulfonamides is 1. The smallest absolute Gasteiger partial charge is 0.419 e. The van der Waals surface area contributed by atoms with Crippen LogP contribution in [0.3, 0.4) is 0 Å². The van der Waals surface area contributed by atoms with Gasteiger partial charge in [0.1, 0.15) is 5.69 Å². The van der Waals surface area contributed by atoms with Gasteiger partial charge in [0.05, 0.1) is 22.9 Å². The van der Waals surface area contributed by atoms with E-state index >= 15 is 0 Å². The number of hydrogen-bond acceptors (Lipinski definition) is 7. The average molecular weight is 569 g/mol. The van der Waals surface area contributed by atoms with Crippen LogP contribution in [-0.2, 0) is 29.7 Å². The molecule has 2 aromatic heterocycles. The Labute approximate surface area is 219 Å². The van der Waals surface area contributed by atoms with Gasteiger partial charge < -0.3 is 10.0 Å². The number of anilines is 3. The Morgan fingerprint density at radius 1 is 1.13 bits per heavy atom. The average Bonchev–Trinajstić information content (AvgIpc) is 3.20. The van der Waals surface area contributed by atoms with Crippen LogP contribution in [0.4, 0.5) is 39.3 Å². The Morgan fingerprint density at radius 2 is 1.85 bits per heavy atom. The van der Waals surface area contributed by atoms with Crippen LogP contribution in [0, 0.1) is 11.6 Å². The van der Waals surface area contributed by atoms with E-state index in [1.165, 1.54) is 22.2 Å². The predicted octanol–water partition coefficient (Wildman–Crippen LogP) is 4.51. The first-order valence-corrected chi connectivity index (χ1v) is 13.4. The van der Waals surface area contributed by atoms with E-state index in [4.69, 9.17) is 0 Å². The summed E-state index contributed by atoms with van der Waals surface area (Å²) in [5, 5.41) is 13.8. The largest absolute Gasteiger partial charge is 0.503 e. The van der Waals surface area contributed by atoms with Crippen LogP contribution in [0.2, 0.25) is 0 Å². The zero-order valence-corrected chi connectivity index (χ0v) is 21.6. The lowest BCUT2D eigenvalue weighted by Gasteiger charge is -2.30. The number of fused-ring (bicyclic) bond motifs is 2. The zero-order chi connectivity index (χ0) is 28.4. The highest BCUT2D eigenvalue weighted by atomic mass is 32.2. The van der Waals surface area contributed by atoms with Gasteiger partial charge >= 0.3 is 6.18 Å². The number of phenols is 1. The molecule has 0 unspecified atom stereocenters. The quantitative estimate of drug-likeness (QED) is 0.361. The molecule has 0 spiro atoms. The number of halogens is 5. The first-order chi connectivity index (χ1) is 18.2. The third kappa shape index (κ3) is 4.49. The Kier molecular flexibility index (Phi) is 6.16. The van der Waals surface area contributed by atoms with Gasteiger partial charge in [0.2, 0.25) is 16.0 Å². The van der Waals surface area contributed by atoms with Crippen molar-refractivity contribution < 1.29 is 35.5 Å². The van der Waals surface area contributed by atoms with Gasteiger partial charge in [-0.15, -0.1) is 0 Å². The van der Waals surface area contributed by atoms with Gasteiger partial charge in [0.15, 0.2) is 23.0 Å². The Bertz CT molecular complexity index is 1740. The SMILES string of the molecule is CN(c1ccc2c(c1)CCCN2S(C)(=O)=O)c1ncc2c(-c3cc(C(F)(F)F)c(F)c(O)c3F)nn(C)c2n1. The second kappa shape index (κ2) is 9.03. The van der Waals surface area contributed by atoms with Crippen molar-refractivity contribution in [3.8, 4) is 17.0 Å². The second-order valence-electron chi connectivity index (χ2n) is 9.14. The molecular weight excluding hydrogens is 547 g/mol. The summed E-state index contributed by atoms with van der Waals surface area (Å²) >= 11 is 0. The minimum atomic E-state index is -5.19. The number of aryl methyl sites for hydroxylation is 2. The standard InChI is InChI=1S/C24H21F5N6O3S/c1-33(13-6-7-17-12(9-13)5-4-8-35(17)39(3,37)38)23-30-11-15-20(32-34(2)22(15)31-23)14-10-16(24(27,28)29)19(26)21(36)18(14)25/h6-7,9-11,36H,4-5,8H2,1-3H3. The fraction of sp³-hybridized carbons (Fsp3) is 0.292. The van der Waals surface area contributed by atoms with Crippen molar-refractivity contribution in [3.63, 3.8) is 0 Å². The number of aromatic nitrogens is 4. The zero-order valence-electron chi connectivity index (χ0n) is 20.8. The van der Waals surface area contributed by atoms with Crippen molar-refractivity contribution in [2.75, 3.05) is 29.1 Å². The molecule has 0 radical (unpaired) electrons. The summed E-state index contributed by atoms with van der Waals surface area (Å²) < 4.78 is 95.4. The first-order valence-electron chi connectivity index (χ1n) is 11.5. The van der Waals surface area contributed by atoms with Gasteiger partial charge in [-0.2, -0.15) is 23.3 Å². The van der Waals surface area contributed by atoms with E-state index in [1.54, 1.807) is 24.1 Å². The number of benzene rings is 2. The molecule has 1 N–H and O–H groups in total. The van der Waals surface area contributed by atoms with Crippen molar-refractivity contribution in [2.24, 2.45) is 7.05 Å². The normalized spacial score (nSPS) is 14.1. The van der Waals surface area contributed by atoms with Crippen molar-refractivity contribution in [3.05, 3.63) is 53.2 Å². The van der Waals surface area contributed by atoms with Crippen LogP contribution in [0.5, 0.6) is 5.75 Å². The molecule has 0 amide bonds. The summed E-state index contributed by atoms with van der Waals surface area (Å²) in [4.78, 5) is 10.3. The molecule has 1 aliphatic rings. The van der Waals surface area contributed by atoms with Gasteiger partial charge in [-0.1, -0.05) is 0 Å². The van der Waals surface area contributed by atoms with Gasteiger partial charge in [0, 0.05) is 38.1 Å². The third-order valence-electron chi connectivity index (χ3n) is 6.53. The predicted molar refractivity (Wildman–Crippen MR) is 133 cm³/mol. The minimum absolute atomic E-state index is 0.0712. The summed E-state index contributed by atoms with van der Waals surface area (Å²) in [5.41, 5.74) is -0.705. The summed E-state index contributed by atoms with van der Waals surface area (Å²) in [5.74, 6) is -5.31. The molecule has 9 nitrogen and oxygen atoms in total. The maximum absolute atomic E-state index is 14.7. The summed E-state index contributed by atoms with van der Waals surface area (Å²) in [6, 6.07) is 5.48. The number of hydrogen-bond donors (Lipinski definition) is 1. The van der Waals surface area contributed by atoms with Crippen molar-refractivity contribution in [1.82, 2.24) is 19.7 Å². The maximum atomic E-state index is 14.7. The van der Waals surface area contributed by atoms with Gasteiger partial charge in [-0.05, 0) is 42.7 Å². The highest BCUT2D eigenvalue weighted by Gasteiger charge is 2.38. The first kappa shape index (κ1) is 26.6. The fourth-order valence-corrected chi connectivity index (χ4v) is 5.60. The van der Waals surface area contributed by atoms with E-state index in [-0.39, 0.29) is 28.7 Å². The summed E-state index contributed by atoms with van der Waals surface area (Å²) in [7, 11) is -0.325. The number of rotatable bonds is 4. The molecule has 0 fully saturated rings. The van der Waals surface area contributed by atoms with Crippen molar-refractivity contribution in [1.29, 1.82) is 0 Å². The Hall–Kier alpha value is -4.01. The fourth-order valence-electron chi connectivity index (χ4n) is 4.61. The molecule has 0 aliphatic carbocycles. The van der Waals surface area contributed by atoms with Gasteiger partial charge in [-0.3, -0.25) is 4.31 Å². The van der Waals surface area contributed by atoms with Crippen LogP contribution >= 0.6 is 0 Å². The molecule has 39 heavy (non-hydrogen) atoms. The summed E-state index contributed by atoms with van der Waals surface area (Å²) in [6.45, 7) is 0.389. The summed E-state index contributed by atoms with van der Waals surface area (Å²) in [6.07, 6.45) is -1.47. The van der Waals surface area contributed by atoms with Gasteiger partial charge in [0.25, 0.3) is 0 Å². The molecule has 5 rings (SSSR count). The Morgan fingerprint density at radius 3 is 2.51 bits per heavy atom. The van der Waals surface area contributed by atoms with Gasteiger partial charge in [-0.25, -0.2) is 26.9 Å². The van der Waals surface area contributed by atoms with Crippen molar-refractivity contribution >= 4 is 38.4 Å². The molecule has 0 saturated carbocycles. The molecular formula is C24H21F5N6O3S. The molecule has 0 saturated heterocycles. The van der Waals surface area contributed by atoms with E-state index < -0.39 is 44.7 Å². The molecule has 4 aromatic rings. The third-order valence-corrected chi connectivity index (χ3v) is 7.71.